The number of hydrogen-bond donors (Lipinski definition) is 2. The number of esters is 1. The van der Waals surface area contributed by atoms with E-state index in [1.54, 1.807) is 0 Å². The normalized spacial score (nSPS) is 15.6. The van der Waals surface area contributed by atoms with Crippen molar-refractivity contribution in [3.8, 4) is 0 Å². The van der Waals surface area contributed by atoms with Gasteiger partial charge in [0.1, 0.15) is 0 Å². The molecule has 0 saturated carbocycles. The van der Waals surface area contributed by atoms with Crippen molar-refractivity contribution in [1.29, 1.82) is 0 Å². The van der Waals surface area contributed by atoms with Crippen molar-refractivity contribution in [3.63, 3.8) is 0 Å². The molecule has 4 heteroatoms. The molecule has 1 rings (SSSR count). The maximum atomic E-state index is 11.4. The van der Waals surface area contributed by atoms with Crippen LogP contribution >= 0.6 is 0 Å². The lowest BCUT2D eigenvalue weighted by molar-refractivity contribution is -0.160. The van der Waals surface area contributed by atoms with Crippen LogP contribution in [-0.4, -0.2) is 30.3 Å². The van der Waals surface area contributed by atoms with Gasteiger partial charge in [0.25, 0.3) is 0 Å². The SMILES string of the molecule is CCc1ccc(C(C)NCC(C)(O)C(=O)OC)cc1. The molecule has 1 aromatic rings. The first-order valence-corrected chi connectivity index (χ1v) is 6.53. The summed E-state index contributed by atoms with van der Waals surface area (Å²) in [6, 6.07) is 8.35. The summed E-state index contributed by atoms with van der Waals surface area (Å²) in [5, 5.41) is 13.1. The summed E-state index contributed by atoms with van der Waals surface area (Å²) in [7, 11) is 1.27. The average Bonchev–Trinajstić information content (AvgIpc) is 2.43. The van der Waals surface area contributed by atoms with Crippen LogP contribution in [0, 0.1) is 0 Å². The molecule has 4 nitrogen and oxygen atoms in total. The third kappa shape index (κ3) is 4.33. The highest BCUT2D eigenvalue weighted by Crippen LogP contribution is 2.15. The molecule has 0 spiro atoms. The lowest BCUT2D eigenvalue weighted by atomic mass is 10.0. The van der Waals surface area contributed by atoms with Gasteiger partial charge in [0.2, 0.25) is 0 Å². The lowest BCUT2D eigenvalue weighted by Gasteiger charge is -2.23. The second-order valence-electron chi connectivity index (χ2n) is 4.96. The van der Waals surface area contributed by atoms with Crippen LogP contribution < -0.4 is 5.32 Å². The van der Waals surface area contributed by atoms with Crippen LogP contribution in [-0.2, 0) is 16.0 Å². The third-order valence-electron chi connectivity index (χ3n) is 3.27. The summed E-state index contributed by atoms with van der Waals surface area (Å²) in [6.45, 7) is 5.70. The van der Waals surface area contributed by atoms with Gasteiger partial charge in [-0.25, -0.2) is 4.79 Å². The van der Waals surface area contributed by atoms with E-state index in [-0.39, 0.29) is 12.6 Å². The van der Waals surface area contributed by atoms with Crippen LogP contribution in [0.4, 0.5) is 0 Å². The highest BCUT2D eigenvalue weighted by atomic mass is 16.5. The van der Waals surface area contributed by atoms with Gasteiger partial charge in [-0.1, -0.05) is 31.2 Å². The molecule has 0 saturated heterocycles. The first kappa shape index (κ1) is 15.7. The van der Waals surface area contributed by atoms with E-state index in [1.807, 2.05) is 6.92 Å². The van der Waals surface area contributed by atoms with E-state index in [0.717, 1.165) is 12.0 Å². The first-order chi connectivity index (χ1) is 8.90. The molecule has 2 atom stereocenters. The molecule has 0 aromatic heterocycles. The van der Waals surface area contributed by atoms with Crippen molar-refractivity contribution in [2.24, 2.45) is 0 Å². The first-order valence-electron chi connectivity index (χ1n) is 6.53. The van der Waals surface area contributed by atoms with Gasteiger partial charge in [0, 0.05) is 12.6 Å². The van der Waals surface area contributed by atoms with E-state index in [0.29, 0.717) is 0 Å². The van der Waals surface area contributed by atoms with Crippen molar-refractivity contribution in [2.45, 2.75) is 38.8 Å². The van der Waals surface area contributed by atoms with Crippen LogP contribution in [0.2, 0.25) is 0 Å². The number of methoxy groups -OCH3 is 1. The zero-order valence-electron chi connectivity index (χ0n) is 12.1. The standard InChI is InChI=1S/C15H23NO3/c1-5-12-6-8-13(9-7-12)11(2)16-10-15(3,18)14(17)19-4/h6-9,11,16,18H,5,10H2,1-4H3. The molecule has 19 heavy (non-hydrogen) atoms. The Balaban J connectivity index is 2.59. The molecule has 0 aliphatic rings. The molecule has 2 unspecified atom stereocenters. The summed E-state index contributed by atoms with van der Waals surface area (Å²) in [5.74, 6) is -0.631. The van der Waals surface area contributed by atoms with Gasteiger partial charge < -0.3 is 15.2 Å². The number of hydrogen-bond acceptors (Lipinski definition) is 4. The Morgan fingerprint density at radius 1 is 1.42 bits per heavy atom. The number of ether oxygens (including phenoxy) is 1. The van der Waals surface area contributed by atoms with E-state index >= 15 is 0 Å². The Hall–Kier alpha value is -1.39. The maximum absolute atomic E-state index is 11.4. The van der Waals surface area contributed by atoms with E-state index in [1.165, 1.54) is 19.6 Å². The number of nitrogens with one attached hydrogen (secondary N) is 1. The minimum absolute atomic E-state index is 0.0574. The molecule has 1 aromatic carbocycles. The summed E-state index contributed by atoms with van der Waals surface area (Å²) in [4.78, 5) is 11.4. The Morgan fingerprint density at radius 3 is 2.47 bits per heavy atom. The van der Waals surface area contributed by atoms with Crippen LogP contribution in [0.25, 0.3) is 0 Å². The minimum atomic E-state index is -1.51. The predicted octanol–water partition coefficient (Wildman–Crippen LogP) is 1.82. The quantitative estimate of drug-likeness (QED) is 0.770. The van der Waals surface area contributed by atoms with Gasteiger partial charge in [-0.3, -0.25) is 0 Å². The van der Waals surface area contributed by atoms with Gasteiger partial charge in [-0.05, 0) is 31.4 Å². The van der Waals surface area contributed by atoms with E-state index in [9.17, 15) is 9.90 Å². The molecule has 0 radical (unpaired) electrons. The van der Waals surface area contributed by atoms with E-state index in [2.05, 4.69) is 41.2 Å². The van der Waals surface area contributed by atoms with Gasteiger partial charge in [-0.15, -0.1) is 0 Å². The summed E-state index contributed by atoms with van der Waals surface area (Å²) < 4.78 is 4.55. The molecule has 2 N–H and O–H groups in total. The zero-order chi connectivity index (χ0) is 14.5. The van der Waals surface area contributed by atoms with Crippen molar-refractivity contribution >= 4 is 5.97 Å². The van der Waals surface area contributed by atoms with Gasteiger partial charge in [0.15, 0.2) is 5.60 Å². The number of carbonyl (C=O) groups is 1. The molecular formula is C15H23NO3. The lowest BCUT2D eigenvalue weighted by Crippen LogP contribution is -2.46. The fourth-order valence-corrected chi connectivity index (χ4v) is 1.80. The largest absolute Gasteiger partial charge is 0.467 e. The predicted molar refractivity (Wildman–Crippen MR) is 74.9 cm³/mol. The van der Waals surface area contributed by atoms with Gasteiger partial charge in [0.05, 0.1) is 7.11 Å². The minimum Gasteiger partial charge on any atom is -0.467 e. The molecule has 0 heterocycles. The third-order valence-corrected chi connectivity index (χ3v) is 3.27. The number of benzene rings is 1. The second kappa shape index (κ2) is 6.68. The van der Waals surface area contributed by atoms with Crippen LogP contribution in [0.1, 0.15) is 37.9 Å². The van der Waals surface area contributed by atoms with E-state index < -0.39 is 11.6 Å². The van der Waals surface area contributed by atoms with E-state index in [4.69, 9.17) is 0 Å². The molecule has 106 valence electrons. The Labute approximate surface area is 114 Å². The summed E-state index contributed by atoms with van der Waals surface area (Å²) in [6.07, 6.45) is 1.01. The van der Waals surface area contributed by atoms with Crippen LogP contribution in [0.5, 0.6) is 0 Å². The second-order valence-corrected chi connectivity index (χ2v) is 4.96. The van der Waals surface area contributed by atoms with Crippen molar-refractivity contribution in [1.82, 2.24) is 5.32 Å². The Morgan fingerprint density at radius 2 is 2.00 bits per heavy atom. The van der Waals surface area contributed by atoms with Crippen LogP contribution in [0.15, 0.2) is 24.3 Å². The molecule has 0 fully saturated rings. The molecule has 0 amide bonds. The number of carbonyl (C=O) groups excluding carboxylic acids is 1. The zero-order valence-corrected chi connectivity index (χ0v) is 12.1. The monoisotopic (exact) mass is 265 g/mol. The summed E-state index contributed by atoms with van der Waals surface area (Å²) in [5.41, 5.74) is 0.905. The fourth-order valence-electron chi connectivity index (χ4n) is 1.80. The topological polar surface area (TPSA) is 58.6 Å². The highest BCUT2D eigenvalue weighted by Gasteiger charge is 2.31. The molecular weight excluding hydrogens is 242 g/mol. The number of rotatable bonds is 6. The van der Waals surface area contributed by atoms with Crippen LogP contribution in [0.3, 0.4) is 0 Å². The molecule has 0 aliphatic heterocycles. The Kier molecular flexibility index (Phi) is 5.51. The van der Waals surface area contributed by atoms with Crippen molar-refractivity contribution in [3.05, 3.63) is 35.4 Å². The number of aryl methyl sites for hydroxylation is 1. The molecule has 0 aliphatic carbocycles. The average molecular weight is 265 g/mol. The highest BCUT2D eigenvalue weighted by molar-refractivity contribution is 5.78. The van der Waals surface area contributed by atoms with Gasteiger partial charge >= 0.3 is 5.97 Å². The van der Waals surface area contributed by atoms with Crippen molar-refractivity contribution < 1.29 is 14.6 Å². The molecule has 0 bridgehead atoms. The summed E-state index contributed by atoms with van der Waals surface area (Å²) >= 11 is 0. The smallest absolute Gasteiger partial charge is 0.338 e. The van der Waals surface area contributed by atoms with Gasteiger partial charge in [-0.2, -0.15) is 0 Å². The van der Waals surface area contributed by atoms with Crippen molar-refractivity contribution in [2.75, 3.05) is 13.7 Å². The number of aliphatic hydroxyl groups is 1. The maximum Gasteiger partial charge on any atom is 0.338 e. The Bertz CT molecular complexity index is 412. The fraction of sp³-hybridized carbons (Fsp3) is 0.533.